The van der Waals surface area contributed by atoms with Gasteiger partial charge in [-0.3, -0.25) is 9.59 Å². The van der Waals surface area contributed by atoms with Crippen LogP contribution >= 0.6 is 11.6 Å². The number of methoxy groups -OCH3 is 1. The highest BCUT2D eigenvalue weighted by Crippen LogP contribution is 2.23. The molecule has 0 radical (unpaired) electrons. The zero-order valence-electron chi connectivity index (χ0n) is 13.9. The van der Waals surface area contributed by atoms with E-state index in [1.165, 1.54) is 10.5 Å². The van der Waals surface area contributed by atoms with Crippen molar-refractivity contribution < 1.29 is 19.6 Å². The van der Waals surface area contributed by atoms with Crippen LogP contribution in [0.15, 0.2) is 48.5 Å². The van der Waals surface area contributed by atoms with Crippen molar-refractivity contribution in [1.82, 2.24) is 0 Å². The van der Waals surface area contributed by atoms with Gasteiger partial charge in [0.1, 0.15) is 5.75 Å². The van der Waals surface area contributed by atoms with Crippen LogP contribution in [0.1, 0.15) is 12.0 Å². The van der Waals surface area contributed by atoms with Crippen molar-refractivity contribution in [1.29, 1.82) is 0 Å². The van der Waals surface area contributed by atoms with E-state index in [1.807, 2.05) is 29.6 Å². The molecule has 2 aromatic carbocycles. The number of hydrogen-bond acceptors (Lipinski definition) is 3. The summed E-state index contributed by atoms with van der Waals surface area (Å²) in [4.78, 5) is 26.0. The summed E-state index contributed by atoms with van der Waals surface area (Å²) >= 11 is 5.86. The van der Waals surface area contributed by atoms with E-state index in [1.54, 1.807) is 31.4 Å². The highest BCUT2D eigenvalue weighted by molar-refractivity contribution is 6.30. The van der Waals surface area contributed by atoms with Crippen molar-refractivity contribution in [2.75, 3.05) is 18.6 Å². The van der Waals surface area contributed by atoms with Gasteiger partial charge in [-0.05, 0) is 42.0 Å². The van der Waals surface area contributed by atoms with Crippen LogP contribution in [0.2, 0.25) is 5.02 Å². The number of rotatable bonds is 6. The third-order valence-electron chi connectivity index (χ3n) is 4.31. The Morgan fingerprint density at radius 3 is 2.44 bits per heavy atom. The number of imide groups is 1. The number of ether oxygens (including phenoxy) is 1. The van der Waals surface area contributed by atoms with E-state index < -0.39 is 0 Å². The molecule has 2 aromatic rings. The van der Waals surface area contributed by atoms with Crippen LogP contribution in [-0.2, 0) is 16.0 Å². The van der Waals surface area contributed by atoms with E-state index >= 15 is 0 Å². The molecule has 1 fully saturated rings. The standard InChI is InChI=1S/C19H19ClN2O3/c1-25-16-8-2-13(3-9-16)10-11-21-17-12-18(23)22(19(17)24)15-6-4-14(20)5-7-15/h2-9,17,21H,10-12H2,1H3/p+1. The van der Waals surface area contributed by atoms with Crippen molar-refractivity contribution in [2.45, 2.75) is 18.9 Å². The first-order chi connectivity index (χ1) is 12.1. The zero-order chi connectivity index (χ0) is 17.8. The number of carbonyl (C=O) groups is 2. The Kier molecular flexibility index (Phi) is 5.36. The van der Waals surface area contributed by atoms with Crippen molar-refractivity contribution in [3.63, 3.8) is 0 Å². The minimum Gasteiger partial charge on any atom is -0.497 e. The summed E-state index contributed by atoms with van der Waals surface area (Å²) in [6.07, 6.45) is 1.05. The number of hydrogen-bond donors (Lipinski definition) is 1. The Labute approximate surface area is 151 Å². The topological polar surface area (TPSA) is 63.2 Å². The van der Waals surface area contributed by atoms with Gasteiger partial charge >= 0.3 is 0 Å². The Bertz CT molecular complexity index is 759. The maximum atomic E-state index is 12.6. The molecule has 25 heavy (non-hydrogen) atoms. The fraction of sp³-hybridized carbons (Fsp3) is 0.263. The predicted molar refractivity (Wildman–Crippen MR) is 95.8 cm³/mol. The summed E-state index contributed by atoms with van der Waals surface area (Å²) in [5.41, 5.74) is 1.74. The molecule has 1 aliphatic heterocycles. The first kappa shape index (κ1) is 17.5. The number of amides is 2. The summed E-state index contributed by atoms with van der Waals surface area (Å²) < 4.78 is 5.14. The van der Waals surface area contributed by atoms with Crippen molar-refractivity contribution >= 4 is 29.1 Å². The van der Waals surface area contributed by atoms with Crippen LogP contribution in [0.4, 0.5) is 5.69 Å². The molecule has 1 heterocycles. The number of benzene rings is 2. The molecule has 1 unspecified atom stereocenters. The molecule has 2 amide bonds. The molecule has 0 saturated carbocycles. The Morgan fingerprint density at radius 2 is 1.80 bits per heavy atom. The monoisotopic (exact) mass is 359 g/mol. The Balaban J connectivity index is 1.57. The summed E-state index contributed by atoms with van der Waals surface area (Å²) in [5, 5.41) is 2.52. The quantitative estimate of drug-likeness (QED) is 0.800. The summed E-state index contributed by atoms with van der Waals surface area (Å²) in [6, 6.07) is 14.2. The van der Waals surface area contributed by atoms with Crippen LogP contribution in [0, 0.1) is 0 Å². The molecule has 3 rings (SSSR count). The first-order valence-corrected chi connectivity index (χ1v) is 8.55. The smallest absolute Gasteiger partial charge is 0.292 e. The van der Waals surface area contributed by atoms with Gasteiger partial charge in [0.25, 0.3) is 5.91 Å². The highest BCUT2D eigenvalue weighted by atomic mass is 35.5. The van der Waals surface area contributed by atoms with E-state index in [2.05, 4.69) is 0 Å². The summed E-state index contributed by atoms with van der Waals surface area (Å²) in [5.74, 6) is 0.489. The van der Waals surface area contributed by atoms with Gasteiger partial charge in [0, 0.05) is 11.4 Å². The van der Waals surface area contributed by atoms with Gasteiger partial charge < -0.3 is 10.1 Å². The van der Waals surface area contributed by atoms with Gasteiger partial charge in [0.2, 0.25) is 5.91 Å². The van der Waals surface area contributed by atoms with Crippen LogP contribution < -0.4 is 15.0 Å². The van der Waals surface area contributed by atoms with Gasteiger partial charge in [-0.25, -0.2) is 4.90 Å². The molecular weight excluding hydrogens is 340 g/mol. The van der Waals surface area contributed by atoms with Crippen molar-refractivity contribution in [3.05, 3.63) is 59.1 Å². The lowest BCUT2D eigenvalue weighted by Gasteiger charge is -2.14. The largest absolute Gasteiger partial charge is 0.497 e. The summed E-state index contributed by atoms with van der Waals surface area (Å²) in [7, 11) is 1.64. The normalized spacial score (nSPS) is 17.2. The van der Waals surface area contributed by atoms with E-state index in [0.29, 0.717) is 10.7 Å². The van der Waals surface area contributed by atoms with Crippen molar-refractivity contribution in [3.8, 4) is 5.75 Å². The zero-order valence-corrected chi connectivity index (χ0v) is 14.7. The fourth-order valence-corrected chi connectivity index (χ4v) is 3.07. The molecule has 2 N–H and O–H groups in total. The highest BCUT2D eigenvalue weighted by Gasteiger charge is 2.41. The Morgan fingerprint density at radius 1 is 1.12 bits per heavy atom. The molecule has 1 saturated heterocycles. The number of nitrogens with two attached hydrogens (primary N) is 1. The lowest BCUT2D eigenvalue weighted by molar-refractivity contribution is -0.674. The number of quaternary nitrogens is 1. The lowest BCUT2D eigenvalue weighted by Crippen LogP contribution is -2.92. The third-order valence-corrected chi connectivity index (χ3v) is 4.56. The molecule has 130 valence electrons. The van der Waals surface area contributed by atoms with Crippen molar-refractivity contribution in [2.24, 2.45) is 0 Å². The average molecular weight is 360 g/mol. The molecule has 1 atom stereocenters. The van der Waals surface area contributed by atoms with E-state index in [0.717, 1.165) is 18.7 Å². The van der Waals surface area contributed by atoms with Crippen LogP contribution in [0.25, 0.3) is 0 Å². The van der Waals surface area contributed by atoms with Crippen LogP contribution in [-0.4, -0.2) is 31.5 Å². The predicted octanol–water partition coefficient (Wildman–Crippen LogP) is 1.79. The molecule has 0 spiro atoms. The maximum absolute atomic E-state index is 12.6. The third kappa shape index (κ3) is 4.00. The SMILES string of the molecule is COc1ccc(CC[NH2+]C2CC(=O)N(c3ccc(Cl)cc3)C2=O)cc1. The number of anilines is 1. The second kappa shape index (κ2) is 7.68. The Hall–Kier alpha value is -2.37. The molecule has 6 heteroatoms. The number of nitrogens with zero attached hydrogens (tertiary/aromatic N) is 1. The second-order valence-corrected chi connectivity index (χ2v) is 6.41. The fourth-order valence-electron chi connectivity index (χ4n) is 2.94. The number of carbonyl (C=O) groups excluding carboxylic acids is 2. The molecule has 1 aliphatic rings. The van der Waals surface area contributed by atoms with Gasteiger partial charge in [0.15, 0.2) is 6.04 Å². The van der Waals surface area contributed by atoms with E-state index in [-0.39, 0.29) is 24.3 Å². The van der Waals surface area contributed by atoms with Gasteiger partial charge in [0.05, 0.1) is 25.8 Å². The van der Waals surface area contributed by atoms with Crippen LogP contribution in [0.3, 0.4) is 0 Å². The number of halogens is 1. The van der Waals surface area contributed by atoms with E-state index in [9.17, 15) is 9.59 Å². The average Bonchev–Trinajstić information content (AvgIpc) is 2.90. The van der Waals surface area contributed by atoms with Gasteiger partial charge in [-0.15, -0.1) is 0 Å². The van der Waals surface area contributed by atoms with E-state index in [4.69, 9.17) is 16.3 Å². The molecular formula is C19H20ClN2O3+. The second-order valence-electron chi connectivity index (χ2n) is 5.98. The first-order valence-electron chi connectivity index (χ1n) is 8.17. The van der Waals surface area contributed by atoms with Crippen LogP contribution in [0.5, 0.6) is 5.75 Å². The molecule has 0 bridgehead atoms. The molecule has 0 aromatic heterocycles. The lowest BCUT2D eigenvalue weighted by atomic mass is 10.1. The summed E-state index contributed by atoms with van der Waals surface area (Å²) in [6.45, 7) is 0.741. The molecule has 0 aliphatic carbocycles. The maximum Gasteiger partial charge on any atom is 0.292 e. The van der Waals surface area contributed by atoms with Gasteiger partial charge in [-0.2, -0.15) is 0 Å². The minimum absolute atomic E-state index is 0.165. The molecule has 5 nitrogen and oxygen atoms in total. The van der Waals surface area contributed by atoms with Gasteiger partial charge in [-0.1, -0.05) is 23.7 Å². The minimum atomic E-state index is -0.360.